The highest BCUT2D eigenvalue weighted by atomic mass is 32.2. The highest BCUT2D eigenvalue weighted by Crippen LogP contribution is 2.24. The van der Waals surface area contributed by atoms with E-state index in [1.165, 1.54) is 11.8 Å². The Morgan fingerprint density at radius 1 is 1.38 bits per heavy atom. The van der Waals surface area contributed by atoms with E-state index in [-0.39, 0.29) is 29.2 Å². The van der Waals surface area contributed by atoms with Crippen LogP contribution in [-0.2, 0) is 14.6 Å². The summed E-state index contributed by atoms with van der Waals surface area (Å²) in [6.07, 6.45) is 0.530. The van der Waals surface area contributed by atoms with E-state index in [9.17, 15) is 13.2 Å². The van der Waals surface area contributed by atoms with Gasteiger partial charge in [-0.1, -0.05) is 30.0 Å². The summed E-state index contributed by atoms with van der Waals surface area (Å²) in [5, 5.41) is 1.92. The number of amides is 1. The summed E-state index contributed by atoms with van der Waals surface area (Å²) in [6.45, 7) is 2.03. The number of rotatable bonds is 4. The van der Waals surface area contributed by atoms with Crippen LogP contribution in [0.4, 0.5) is 0 Å². The summed E-state index contributed by atoms with van der Waals surface area (Å²) in [5.41, 5.74) is 2.05. The van der Waals surface area contributed by atoms with Crippen molar-refractivity contribution in [1.29, 1.82) is 0 Å². The number of pyridine rings is 1. The van der Waals surface area contributed by atoms with Crippen LogP contribution in [0.5, 0.6) is 0 Å². The molecule has 1 atom stereocenters. The fraction of sp³-hybridized carbons (Fsp3) is 0.412. The van der Waals surface area contributed by atoms with Crippen molar-refractivity contribution in [3.05, 3.63) is 35.9 Å². The number of fused-ring (bicyclic) bond motifs is 1. The van der Waals surface area contributed by atoms with E-state index in [1.54, 1.807) is 11.9 Å². The Bertz CT molecular complexity index is 881. The average molecular weight is 364 g/mol. The van der Waals surface area contributed by atoms with Crippen molar-refractivity contribution in [2.75, 3.05) is 24.3 Å². The fourth-order valence-corrected chi connectivity index (χ4v) is 5.59. The van der Waals surface area contributed by atoms with Crippen molar-refractivity contribution in [2.45, 2.75) is 24.4 Å². The van der Waals surface area contributed by atoms with E-state index >= 15 is 0 Å². The molecule has 24 heavy (non-hydrogen) atoms. The van der Waals surface area contributed by atoms with E-state index in [4.69, 9.17) is 0 Å². The highest BCUT2D eigenvalue weighted by Gasteiger charge is 2.32. The molecule has 0 bridgehead atoms. The van der Waals surface area contributed by atoms with Gasteiger partial charge in [-0.2, -0.15) is 0 Å². The number of hydrogen-bond acceptors (Lipinski definition) is 5. The first-order valence-corrected chi connectivity index (χ1v) is 10.6. The molecule has 1 saturated heterocycles. The minimum atomic E-state index is -2.98. The number of aromatic nitrogens is 1. The van der Waals surface area contributed by atoms with Crippen molar-refractivity contribution in [3.8, 4) is 0 Å². The SMILES string of the molecule is Cc1cc(SCC(=O)N(C)[C@H]2CCS(=O)(=O)C2)nc2ccccc12. The van der Waals surface area contributed by atoms with Gasteiger partial charge in [-0.05, 0) is 31.0 Å². The summed E-state index contributed by atoms with van der Waals surface area (Å²) >= 11 is 1.39. The molecule has 1 aliphatic rings. The Kier molecular flexibility index (Phi) is 4.83. The standard InChI is InChI=1S/C17H20N2O3S2/c1-12-9-16(18-15-6-4-3-5-14(12)15)23-10-17(20)19(2)13-7-8-24(21,22)11-13/h3-6,9,13H,7-8,10-11H2,1-2H3/t13-/m0/s1. The molecule has 1 fully saturated rings. The Morgan fingerprint density at radius 3 is 2.83 bits per heavy atom. The molecule has 2 aromatic rings. The molecule has 5 nitrogen and oxygen atoms in total. The van der Waals surface area contributed by atoms with Crippen LogP contribution in [0, 0.1) is 6.92 Å². The number of sulfone groups is 1. The largest absolute Gasteiger partial charge is 0.341 e. The van der Waals surface area contributed by atoms with Crippen LogP contribution in [0.25, 0.3) is 10.9 Å². The van der Waals surface area contributed by atoms with Gasteiger partial charge in [0.2, 0.25) is 5.91 Å². The number of carbonyl (C=O) groups excluding carboxylic acids is 1. The van der Waals surface area contributed by atoms with Gasteiger partial charge in [-0.3, -0.25) is 4.79 Å². The monoisotopic (exact) mass is 364 g/mol. The third-order valence-corrected chi connectivity index (χ3v) is 7.04. The summed E-state index contributed by atoms with van der Waals surface area (Å²) in [5.74, 6) is 0.452. The van der Waals surface area contributed by atoms with Gasteiger partial charge in [0.05, 0.1) is 27.8 Å². The van der Waals surface area contributed by atoms with Crippen molar-refractivity contribution in [2.24, 2.45) is 0 Å². The third-order valence-electron chi connectivity index (χ3n) is 4.39. The van der Waals surface area contributed by atoms with E-state index < -0.39 is 9.84 Å². The first kappa shape index (κ1) is 17.2. The fourth-order valence-electron chi connectivity index (χ4n) is 2.91. The maximum absolute atomic E-state index is 12.3. The predicted molar refractivity (Wildman–Crippen MR) is 97.0 cm³/mol. The molecular formula is C17H20N2O3S2. The Hall–Kier alpha value is -1.60. The lowest BCUT2D eigenvalue weighted by Gasteiger charge is -2.23. The lowest BCUT2D eigenvalue weighted by atomic mass is 10.1. The molecule has 0 unspecified atom stereocenters. The Balaban J connectivity index is 1.66. The van der Waals surface area contributed by atoms with E-state index in [2.05, 4.69) is 4.98 Å². The molecule has 3 rings (SSSR count). The molecule has 1 aromatic heterocycles. The molecule has 1 amide bonds. The summed E-state index contributed by atoms with van der Waals surface area (Å²) < 4.78 is 23.1. The number of nitrogens with zero attached hydrogens (tertiary/aromatic N) is 2. The van der Waals surface area contributed by atoms with Gasteiger partial charge in [0.25, 0.3) is 0 Å². The number of para-hydroxylation sites is 1. The number of hydrogen-bond donors (Lipinski definition) is 0. The molecule has 2 heterocycles. The van der Waals surface area contributed by atoms with E-state index in [0.717, 1.165) is 21.5 Å². The first-order valence-electron chi connectivity index (χ1n) is 7.81. The molecular weight excluding hydrogens is 344 g/mol. The van der Waals surface area contributed by atoms with Crippen LogP contribution >= 0.6 is 11.8 Å². The lowest BCUT2D eigenvalue weighted by molar-refractivity contribution is -0.128. The van der Waals surface area contributed by atoms with Gasteiger partial charge in [-0.25, -0.2) is 13.4 Å². The number of aryl methyl sites for hydroxylation is 1. The molecule has 0 aliphatic carbocycles. The molecule has 0 saturated carbocycles. The minimum absolute atomic E-state index is 0.0605. The molecule has 7 heteroatoms. The van der Waals surface area contributed by atoms with E-state index in [1.807, 2.05) is 37.3 Å². The maximum atomic E-state index is 12.3. The third kappa shape index (κ3) is 3.72. The average Bonchev–Trinajstić information content (AvgIpc) is 2.92. The Labute approximate surface area is 146 Å². The molecule has 0 spiro atoms. The molecule has 128 valence electrons. The van der Waals surface area contributed by atoms with E-state index in [0.29, 0.717) is 6.42 Å². The van der Waals surface area contributed by atoms with Gasteiger partial charge >= 0.3 is 0 Å². The number of benzene rings is 1. The zero-order valence-electron chi connectivity index (χ0n) is 13.7. The molecule has 0 radical (unpaired) electrons. The van der Waals surface area contributed by atoms with Crippen LogP contribution in [0.1, 0.15) is 12.0 Å². The predicted octanol–water partition coefficient (Wildman–Crippen LogP) is 2.28. The van der Waals surface area contributed by atoms with Crippen LogP contribution < -0.4 is 0 Å². The van der Waals surface area contributed by atoms with Crippen LogP contribution in [-0.4, -0.2) is 54.6 Å². The quantitative estimate of drug-likeness (QED) is 0.779. The smallest absolute Gasteiger partial charge is 0.233 e. The zero-order chi connectivity index (χ0) is 17.3. The summed E-state index contributed by atoms with van der Waals surface area (Å²) in [6, 6.07) is 9.71. The number of carbonyl (C=O) groups is 1. The second-order valence-electron chi connectivity index (χ2n) is 6.14. The maximum Gasteiger partial charge on any atom is 0.233 e. The number of thioether (sulfide) groups is 1. The first-order chi connectivity index (χ1) is 11.4. The van der Waals surface area contributed by atoms with Gasteiger partial charge in [0.1, 0.15) is 0 Å². The van der Waals surface area contributed by atoms with Gasteiger partial charge < -0.3 is 4.90 Å². The molecule has 1 aromatic carbocycles. The molecule has 0 N–H and O–H groups in total. The summed E-state index contributed by atoms with van der Waals surface area (Å²) in [7, 11) is -1.30. The van der Waals surface area contributed by atoms with Crippen molar-refractivity contribution < 1.29 is 13.2 Å². The Morgan fingerprint density at radius 2 is 2.12 bits per heavy atom. The second kappa shape index (κ2) is 6.72. The topological polar surface area (TPSA) is 67.3 Å². The van der Waals surface area contributed by atoms with Crippen molar-refractivity contribution >= 4 is 38.4 Å². The normalized spacial score (nSPS) is 19.5. The highest BCUT2D eigenvalue weighted by molar-refractivity contribution is 7.99. The van der Waals surface area contributed by atoms with Gasteiger partial charge in [-0.15, -0.1) is 0 Å². The zero-order valence-corrected chi connectivity index (χ0v) is 15.4. The van der Waals surface area contributed by atoms with Crippen molar-refractivity contribution in [1.82, 2.24) is 9.88 Å². The molecule has 1 aliphatic heterocycles. The van der Waals surface area contributed by atoms with Crippen LogP contribution in [0.3, 0.4) is 0 Å². The van der Waals surface area contributed by atoms with Crippen LogP contribution in [0.2, 0.25) is 0 Å². The van der Waals surface area contributed by atoms with Gasteiger partial charge in [0.15, 0.2) is 9.84 Å². The summed E-state index contributed by atoms with van der Waals surface area (Å²) in [4.78, 5) is 18.5. The second-order valence-corrected chi connectivity index (χ2v) is 9.37. The minimum Gasteiger partial charge on any atom is -0.341 e. The lowest BCUT2D eigenvalue weighted by Crippen LogP contribution is -2.38. The van der Waals surface area contributed by atoms with Gasteiger partial charge in [0, 0.05) is 18.5 Å². The van der Waals surface area contributed by atoms with Crippen LogP contribution in [0.15, 0.2) is 35.4 Å². The van der Waals surface area contributed by atoms with Crippen molar-refractivity contribution in [3.63, 3.8) is 0 Å².